The maximum absolute atomic E-state index is 5.51. The van der Waals surface area contributed by atoms with Gasteiger partial charge in [0.1, 0.15) is 0 Å². The van der Waals surface area contributed by atoms with Crippen molar-refractivity contribution >= 4 is 17.7 Å². The molecule has 14 heavy (non-hydrogen) atoms. The Kier molecular flexibility index (Phi) is 6.13. The zero-order chi connectivity index (χ0) is 10.1. The van der Waals surface area contributed by atoms with Crippen LogP contribution in [0.4, 0.5) is 0 Å². The van der Waals surface area contributed by atoms with E-state index < -0.39 is 0 Å². The average Bonchev–Trinajstić information content (AvgIpc) is 2.25. The molecule has 1 aromatic carbocycles. The minimum atomic E-state index is 0.659. The zero-order valence-electron chi connectivity index (χ0n) is 8.16. The van der Waals surface area contributed by atoms with E-state index in [4.69, 9.17) is 16.3 Å². The van der Waals surface area contributed by atoms with Crippen LogP contribution >= 0.6 is 11.6 Å². The molecular formula is C12H15ClO. The predicted molar refractivity (Wildman–Crippen MR) is 61.6 cm³/mol. The number of hydrogen-bond acceptors (Lipinski definition) is 1. The SMILES string of the molecule is ClCCCOC/C=C/c1ccccc1. The van der Waals surface area contributed by atoms with E-state index in [9.17, 15) is 0 Å². The maximum atomic E-state index is 5.51. The normalized spacial score (nSPS) is 10.9. The largest absolute Gasteiger partial charge is 0.377 e. The van der Waals surface area contributed by atoms with Crippen LogP contribution in [-0.2, 0) is 4.74 Å². The number of benzene rings is 1. The minimum absolute atomic E-state index is 0.659. The quantitative estimate of drug-likeness (QED) is 0.517. The van der Waals surface area contributed by atoms with Crippen molar-refractivity contribution in [3.63, 3.8) is 0 Å². The molecule has 0 N–H and O–H groups in total. The molecule has 2 heteroatoms. The number of ether oxygens (including phenoxy) is 1. The van der Waals surface area contributed by atoms with Crippen LogP contribution in [-0.4, -0.2) is 19.1 Å². The third-order valence-corrected chi connectivity index (χ3v) is 2.01. The van der Waals surface area contributed by atoms with Crippen molar-refractivity contribution < 1.29 is 4.74 Å². The topological polar surface area (TPSA) is 9.23 Å². The number of rotatable bonds is 6. The van der Waals surface area contributed by atoms with E-state index in [1.165, 1.54) is 5.56 Å². The Bertz CT molecular complexity index is 256. The first-order valence-electron chi connectivity index (χ1n) is 4.79. The summed E-state index contributed by atoms with van der Waals surface area (Å²) >= 11 is 5.51. The Morgan fingerprint density at radius 3 is 2.71 bits per heavy atom. The molecule has 0 aliphatic heterocycles. The molecule has 0 spiro atoms. The smallest absolute Gasteiger partial charge is 0.0650 e. The lowest BCUT2D eigenvalue weighted by Gasteiger charge is -1.97. The molecule has 0 atom stereocenters. The lowest BCUT2D eigenvalue weighted by atomic mass is 10.2. The third kappa shape index (κ3) is 5.05. The first kappa shape index (κ1) is 11.3. The average molecular weight is 211 g/mol. The monoisotopic (exact) mass is 210 g/mol. The van der Waals surface area contributed by atoms with Gasteiger partial charge in [-0.15, -0.1) is 11.6 Å². The van der Waals surface area contributed by atoms with E-state index in [0.717, 1.165) is 13.0 Å². The summed E-state index contributed by atoms with van der Waals surface area (Å²) in [6, 6.07) is 10.2. The van der Waals surface area contributed by atoms with Crippen LogP contribution in [0, 0.1) is 0 Å². The van der Waals surface area contributed by atoms with E-state index in [0.29, 0.717) is 12.5 Å². The fourth-order valence-electron chi connectivity index (χ4n) is 1.06. The maximum Gasteiger partial charge on any atom is 0.0650 e. The van der Waals surface area contributed by atoms with Crippen LogP contribution in [0.2, 0.25) is 0 Å². The third-order valence-electron chi connectivity index (χ3n) is 1.75. The Balaban J connectivity index is 2.15. The zero-order valence-corrected chi connectivity index (χ0v) is 8.91. The van der Waals surface area contributed by atoms with Gasteiger partial charge in [-0.2, -0.15) is 0 Å². The lowest BCUT2D eigenvalue weighted by molar-refractivity contribution is 0.164. The van der Waals surface area contributed by atoms with Crippen LogP contribution in [0.15, 0.2) is 36.4 Å². The highest BCUT2D eigenvalue weighted by molar-refractivity contribution is 6.17. The second-order valence-corrected chi connectivity index (χ2v) is 3.31. The van der Waals surface area contributed by atoms with Crippen molar-refractivity contribution in [2.45, 2.75) is 6.42 Å². The fraction of sp³-hybridized carbons (Fsp3) is 0.333. The summed E-state index contributed by atoms with van der Waals surface area (Å²) in [5.41, 5.74) is 1.20. The summed E-state index contributed by atoms with van der Waals surface area (Å²) in [6.07, 6.45) is 4.99. The van der Waals surface area contributed by atoms with E-state index in [-0.39, 0.29) is 0 Å². The Hall–Kier alpha value is -0.790. The van der Waals surface area contributed by atoms with Crippen LogP contribution < -0.4 is 0 Å². The van der Waals surface area contributed by atoms with Crippen LogP contribution in [0.3, 0.4) is 0 Å². The standard InChI is InChI=1S/C12H15ClO/c13-9-5-11-14-10-4-8-12-6-2-1-3-7-12/h1-4,6-8H,5,9-11H2/b8-4+. The summed E-state index contributed by atoms with van der Waals surface area (Å²) in [6.45, 7) is 1.40. The summed E-state index contributed by atoms with van der Waals surface area (Å²) < 4.78 is 5.32. The summed E-state index contributed by atoms with van der Waals surface area (Å²) in [5, 5.41) is 0. The van der Waals surface area contributed by atoms with Gasteiger partial charge in [0.05, 0.1) is 6.61 Å². The van der Waals surface area contributed by atoms with E-state index in [2.05, 4.69) is 18.2 Å². The van der Waals surface area contributed by atoms with Crippen molar-refractivity contribution in [2.75, 3.05) is 19.1 Å². The van der Waals surface area contributed by atoms with Gasteiger partial charge in [0.25, 0.3) is 0 Å². The molecule has 0 unspecified atom stereocenters. The van der Waals surface area contributed by atoms with Crippen LogP contribution in [0.5, 0.6) is 0 Å². The van der Waals surface area contributed by atoms with Gasteiger partial charge in [0, 0.05) is 12.5 Å². The van der Waals surface area contributed by atoms with Crippen molar-refractivity contribution in [3.05, 3.63) is 42.0 Å². The second kappa shape index (κ2) is 7.60. The van der Waals surface area contributed by atoms with Crippen molar-refractivity contribution in [3.8, 4) is 0 Å². The molecule has 0 saturated heterocycles. The predicted octanol–water partition coefficient (Wildman–Crippen LogP) is 3.35. The number of alkyl halides is 1. The van der Waals surface area contributed by atoms with Gasteiger partial charge in [0.2, 0.25) is 0 Å². The first-order chi connectivity index (χ1) is 6.93. The van der Waals surface area contributed by atoms with E-state index in [1.54, 1.807) is 0 Å². The number of hydrogen-bond donors (Lipinski definition) is 0. The summed E-state index contributed by atoms with van der Waals surface area (Å²) in [5.74, 6) is 0.669. The molecule has 1 nitrogen and oxygen atoms in total. The van der Waals surface area contributed by atoms with Gasteiger partial charge in [0.15, 0.2) is 0 Å². The fourth-order valence-corrected chi connectivity index (χ4v) is 1.17. The van der Waals surface area contributed by atoms with Gasteiger partial charge in [-0.25, -0.2) is 0 Å². The molecule has 0 amide bonds. The molecule has 0 radical (unpaired) electrons. The van der Waals surface area contributed by atoms with Gasteiger partial charge < -0.3 is 4.74 Å². The summed E-state index contributed by atoms with van der Waals surface area (Å²) in [4.78, 5) is 0. The second-order valence-electron chi connectivity index (χ2n) is 2.93. The Morgan fingerprint density at radius 2 is 2.00 bits per heavy atom. The molecule has 76 valence electrons. The van der Waals surface area contributed by atoms with Gasteiger partial charge in [-0.05, 0) is 12.0 Å². The van der Waals surface area contributed by atoms with Crippen molar-refractivity contribution in [2.24, 2.45) is 0 Å². The van der Waals surface area contributed by atoms with E-state index in [1.807, 2.05) is 24.3 Å². The number of halogens is 1. The highest BCUT2D eigenvalue weighted by Crippen LogP contribution is 2.00. The van der Waals surface area contributed by atoms with Crippen LogP contribution in [0.25, 0.3) is 6.08 Å². The highest BCUT2D eigenvalue weighted by atomic mass is 35.5. The molecule has 0 fully saturated rings. The molecule has 1 aromatic rings. The molecule has 0 heterocycles. The highest BCUT2D eigenvalue weighted by Gasteiger charge is 1.85. The Labute approximate surface area is 90.3 Å². The van der Waals surface area contributed by atoms with E-state index >= 15 is 0 Å². The minimum Gasteiger partial charge on any atom is -0.377 e. The van der Waals surface area contributed by atoms with Gasteiger partial charge >= 0.3 is 0 Å². The van der Waals surface area contributed by atoms with Gasteiger partial charge in [-0.1, -0.05) is 42.5 Å². The lowest BCUT2D eigenvalue weighted by Crippen LogP contribution is -1.94. The first-order valence-corrected chi connectivity index (χ1v) is 5.32. The molecule has 0 saturated carbocycles. The summed E-state index contributed by atoms with van der Waals surface area (Å²) in [7, 11) is 0. The van der Waals surface area contributed by atoms with Gasteiger partial charge in [-0.3, -0.25) is 0 Å². The molecule has 0 aliphatic rings. The van der Waals surface area contributed by atoms with Crippen molar-refractivity contribution in [1.29, 1.82) is 0 Å². The molecule has 0 bridgehead atoms. The molecule has 0 aliphatic carbocycles. The molecular weight excluding hydrogens is 196 g/mol. The van der Waals surface area contributed by atoms with Crippen LogP contribution in [0.1, 0.15) is 12.0 Å². The molecule has 1 rings (SSSR count). The molecule has 0 aromatic heterocycles. The Morgan fingerprint density at radius 1 is 1.21 bits per heavy atom. The van der Waals surface area contributed by atoms with Crippen molar-refractivity contribution in [1.82, 2.24) is 0 Å².